The Morgan fingerprint density at radius 3 is 2.31 bits per heavy atom. The molecule has 16 heavy (non-hydrogen) atoms. The van der Waals surface area contributed by atoms with Gasteiger partial charge in [-0.05, 0) is 6.07 Å². The van der Waals surface area contributed by atoms with Crippen molar-refractivity contribution >= 4 is 5.97 Å². The summed E-state index contributed by atoms with van der Waals surface area (Å²) in [6.45, 7) is 1.11. The lowest BCUT2D eigenvalue weighted by Crippen LogP contribution is -2.36. The van der Waals surface area contributed by atoms with Crippen LogP contribution in [0, 0.1) is 0 Å². The van der Waals surface area contributed by atoms with E-state index in [1.807, 2.05) is 0 Å². The minimum atomic E-state index is -1.19. The molecule has 1 aromatic heterocycles. The van der Waals surface area contributed by atoms with Crippen LogP contribution in [0.15, 0.2) is 24.5 Å². The Kier molecular flexibility index (Phi) is 6.29. The van der Waals surface area contributed by atoms with E-state index in [0.29, 0.717) is 0 Å². The average Bonchev–Trinajstić information content (AvgIpc) is 2.18. The fourth-order valence-corrected chi connectivity index (χ4v) is 0.784. The number of hydrogen-bond acceptors (Lipinski definition) is 4. The van der Waals surface area contributed by atoms with E-state index in [4.69, 9.17) is 5.11 Å². The van der Waals surface area contributed by atoms with Crippen molar-refractivity contribution in [2.75, 3.05) is 34.3 Å². The molecule has 5 heteroatoms. The van der Waals surface area contributed by atoms with Crippen LogP contribution < -0.4 is 5.11 Å². The summed E-state index contributed by atoms with van der Waals surface area (Å²) < 4.78 is 0.844. The van der Waals surface area contributed by atoms with Crippen LogP contribution in [-0.2, 0) is 0 Å². The fraction of sp³-hybridized carbons (Fsp3) is 0.455. The van der Waals surface area contributed by atoms with Gasteiger partial charge in [-0.3, -0.25) is 4.98 Å². The second-order valence-electron chi connectivity index (χ2n) is 4.27. The first-order valence-corrected chi connectivity index (χ1v) is 4.89. The Labute approximate surface area is 95.6 Å². The van der Waals surface area contributed by atoms with E-state index in [9.17, 15) is 9.90 Å². The number of likely N-dealkylation sites (N-methyl/N-ethyl adjacent to an activating group) is 1. The van der Waals surface area contributed by atoms with Crippen LogP contribution in [0.25, 0.3) is 0 Å². The standard InChI is InChI=1S/C6H5NO2.C5H14NO/c8-6(9)5-2-1-3-7-4-5;1-6(2,3)4-5-7/h1-4H,(H,8,9);7H,4-5H2,1-3H3/q;+1/p-1. The third-order valence-electron chi connectivity index (χ3n) is 1.67. The van der Waals surface area contributed by atoms with Gasteiger partial charge < -0.3 is 19.5 Å². The number of aliphatic hydroxyl groups is 1. The van der Waals surface area contributed by atoms with Crippen molar-refractivity contribution in [3.8, 4) is 0 Å². The number of aromatic nitrogens is 1. The zero-order valence-electron chi connectivity index (χ0n) is 9.88. The van der Waals surface area contributed by atoms with Gasteiger partial charge in [-0.2, -0.15) is 0 Å². The molecule has 0 aliphatic carbocycles. The number of rotatable bonds is 3. The number of pyridine rings is 1. The van der Waals surface area contributed by atoms with Gasteiger partial charge >= 0.3 is 0 Å². The maximum Gasteiger partial charge on any atom is 0.101 e. The molecule has 0 saturated heterocycles. The summed E-state index contributed by atoms with van der Waals surface area (Å²) in [5.74, 6) is -1.19. The zero-order valence-corrected chi connectivity index (χ0v) is 9.88. The van der Waals surface area contributed by atoms with Crippen molar-refractivity contribution in [1.82, 2.24) is 4.98 Å². The number of nitrogens with zero attached hydrogens (tertiary/aromatic N) is 2. The van der Waals surface area contributed by atoms with E-state index >= 15 is 0 Å². The largest absolute Gasteiger partial charge is 0.545 e. The first-order valence-electron chi connectivity index (χ1n) is 4.89. The summed E-state index contributed by atoms with van der Waals surface area (Å²) in [7, 11) is 6.16. The molecular weight excluding hydrogens is 208 g/mol. The predicted octanol–water partition coefficient (Wildman–Crippen LogP) is -0.870. The smallest absolute Gasteiger partial charge is 0.101 e. The molecule has 0 saturated carbocycles. The molecule has 0 atom stereocenters. The van der Waals surface area contributed by atoms with Crippen LogP contribution in [0.1, 0.15) is 10.4 Å². The number of carboxylic acids is 1. The van der Waals surface area contributed by atoms with E-state index in [2.05, 4.69) is 26.1 Å². The van der Waals surface area contributed by atoms with E-state index in [-0.39, 0.29) is 12.2 Å². The predicted molar refractivity (Wildman–Crippen MR) is 58.6 cm³/mol. The van der Waals surface area contributed by atoms with Gasteiger partial charge in [0.2, 0.25) is 0 Å². The molecular formula is C11H18N2O3. The van der Waals surface area contributed by atoms with Crippen molar-refractivity contribution in [1.29, 1.82) is 0 Å². The Hall–Kier alpha value is -1.46. The van der Waals surface area contributed by atoms with Crippen molar-refractivity contribution in [3.63, 3.8) is 0 Å². The van der Waals surface area contributed by atoms with Crippen LogP contribution in [0.3, 0.4) is 0 Å². The quantitative estimate of drug-likeness (QED) is 0.680. The van der Waals surface area contributed by atoms with Crippen LogP contribution in [0.2, 0.25) is 0 Å². The highest BCUT2D eigenvalue weighted by molar-refractivity contribution is 5.85. The maximum absolute atomic E-state index is 10.0. The molecule has 0 radical (unpaired) electrons. The monoisotopic (exact) mass is 226 g/mol. The first-order chi connectivity index (χ1) is 7.37. The lowest BCUT2D eigenvalue weighted by Gasteiger charge is -2.21. The molecule has 0 aliphatic heterocycles. The molecule has 0 bridgehead atoms. The Balaban J connectivity index is 0.000000293. The number of carboxylic acid groups (broad SMARTS) is 1. The fourth-order valence-electron chi connectivity index (χ4n) is 0.784. The summed E-state index contributed by atoms with van der Waals surface area (Å²) in [5, 5.41) is 18.4. The second kappa shape index (κ2) is 6.92. The molecule has 90 valence electrons. The molecule has 0 fully saturated rings. The van der Waals surface area contributed by atoms with Gasteiger partial charge in [0.15, 0.2) is 0 Å². The van der Waals surface area contributed by atoms with Crippen molar-refractivity contribution in [2.24, 2.45) is 0 Å². The first kappa shape index (κ1) is 14.5. The topological polar surface area (TPSA) is 73.2 Å². The highest BCUT2D eigenvalue weighted by Gasteiger charge is 2.02. The van der Waals surface area contributed by atoms with Gasteiger partial charge in [0.05, 0.1) is 33.7 Å². The molecule has 0 unspecified atom stereocenters. The van der Waals surface area contributed by atoms with Gasteiger partial charge in [0, 0.05) is 18.0 Å². The highest BCUT2D eigenvalue weighted by Crippen LogP contribution is 1.90. The highest BCUT2D eigenvalue weighted by atomic mass is 16.4. The maximum atomic E-state index is 10.0. The number of carbonyl (C=O) groups excluding carboxylic acids is 1. The Bertz CT molecular complexity index is 307. The van der Waals surface area contributed by atoms with E-state index in [0.717, 1.165) is 11.0 Å². The van der Waals surface area contributed by atoms with Crippen molar-refractivity contribution < 1.29 is 19.5 Å². The Morgan fingerprint density at radius 1 is 1.50 bits per heavy atom. The number of quaternary nitrogens is 1. The molecule has 0 aliphatic rings. The molecule has 0 aromatic carbocycles. The third kappa shape index (κ3) is 7.90. The summed E-state index contributed by atoms with van der Waals surface area (Å²) >= 11 is 0. The second-order valence-corrected chi connectivity index (χ2v) is 4.27. The SMILES string of the molecule is C[N+](C)(C)CCO.O=C([O-])c1cccnc1. The van der Waals surface area contributed by atoms with Crippen molar-refractivity contribution in [3.05, 3.63) is 30.1 Å². The van der Waals surface area contributed by atoms with Crippen LogP contribution in [0.4, 0.5) is 0 Å². The summed E-state index contributed by atoms with van der Waals surface area (Å²) in [5.41, 5.74) is 0.109. The zero-order chi connectivity index (χ0) is 12.6. The van der Waals surface area contributed by atoms with Gasteiger partial charge in [-0.1, -0.05) is 6.07 Å². The van der Waals surface area contributed by atoms with Crippen LogP contribution in [0.5, 0.6) is 0 Å². The lowest BCUT2D eigenvalue weighted by atomic mass is 10.3. The van der Waals surface area contributed by atoms with E-state index in [1.165, 1.54) is 18.5 Å². The lowest BCUT2D eigenvalue weighted by molar-refractivity contribution is -0.870. The van der Waals surface area contributed by atoms with Gasteiger partial charge in [-0.25, -0.2) is 0 Å². The van der Waals surface area contributed by atoms with Gasteiger partial charge in [0.25, 0.3) is 0 Å². The number of carbonyl (C=O) groups is 1. The minimum absolute atomic E-state index is 0.109. The van der Waals surface area contributed by atoms with Crippen LogP contribution >= 0.6 is 0 Å². The molecule has 0 amide bonds. The molecule has 5 nitrogen and oxygen atoms in total. The molecule has 1 N–H and O–H groups in total. The summed E-state index contributed by atoms with van der Waals surface area (Å²) in [4.78, 5) is 13.6. The molecule has 0 spiro atoms. The molecule has 1 aromatic rings. The molecule has 1 heterocycles. The summed E-state index contributed by atoms with van der Waals surface area (Å²) in [6.07, 6.45) is 2.75. The number of aliphatic hydroxyl groups excluding tert-OH is 1. The Morgan fingerprint density at radius 2 is 2.12 bits per heavy atom. The minimum Gasteiger partial charge on any atom is -0.545 e. The number of aromatic carboxylic acids is 1. The number of hydrogen-bond donors (Lipinski definition) is 1. The summed E-state index contributed by atoms with van der Waals surface area (Å²) in [6, 6.07) is 2.98. The average molecular weight is 226 g/mol. The van der Waals surface area contributed by atoms with Gasteiger partial charge in [0.1, 0.15) is 6.54 Å². The van der Waals surface area contributed by atoms with E-state index < -0.39 is 5.97 Å². The molecule has 1 rings (SSSR count). The van der Waals surface area contributed by atoms with Crippen molar-refractivity contribution in [2.45, 2.75) is 0 Å². The third-order valence-corrected chi connectivity index (χ3v) is 1.67. The normalized spacial score (nSPS) is 10.2. The van der Waals surface area contributed by atoms with Gasteiger partial charge in [-0.15, -0.1) is 0 Å². The van der Waals surface area contributed by atoms with Crippen LogP contribution in [-0.4, -0.2) is 54.8 Å². The van der Waals surface area contributed by atoms with E-state index in [1.54, 1.807) is 6.07 Å².